The van der Waals surface area contributed by atoms with Gasteiger partial charge in [0.05, 0.1) is 12.8 Å². The molecule has 1 heterocycles. The molecule has 24 heavy (non-hydrogen) atoms. The van der Waals surface area contributed by atoms with Crippen LogP contribution < -0.4 is 21.3 Å². The van der Waals surface area contributed by atoms with Crippen LogP contribution >= 0.6 is 0 Å². The van der Waals surface area contributed by atoms with Crippen molar-refractivity contribution in [1.29, 1.82) is 0 Å². The fourth-order valence-electron chi connectivity index (χ4n) is 2.00. The highest BCUT2D eigenvalue weighted by molar-refractivity contribution is 5.91. The maximum absolute atomic E-state index is 12.3. The van der Waals surface area contributed by atoms with Gasteiger partial charge in [-0.1, -0.05) is 6.92 Å². The van der Waals surface area contributed by atoms with Crippen LogP contribution in [0.25, 0.3) is 5.69 Å². The lowest BCUT2D eigenvalue weighted by Crippen LogP contribution is -2.45. The number of benzene rings is 1. The fourth-order valence-corrected chi connectivity index (χ4v) is 2.00. The molecule has 0 radical (unpaired) electrons. The van der Waals surface area contributed by atoms with Gasteiger partial charge in [-0.2, -0.15) is 9.78 Å². The summed E-state index contributed by atoms with van der Waals surface area (Å²) in [6, 6.07) is 6.45. The van der Waals surface area contributed by atoms with Crippen LogP contribution in [0.1, 0.15) is 30.8 Å². The summed E-state index contributed by atoms with van der Waals surface area (Å²) in [5.74, 6) is 0.0126. The van der Waals surface area contributed by atoms with Gasteiger partial charge in [0.15, 0.2) is 0 Å². The average Bonchev–Trinajstić information content (AvgIpc) is 2.59. The zero-order valence-electron chi connectivity index (χ0n) is 14.1. The van der Waals surface area contributed by atoms with Gasteiger partial charge in [0, 0.05) is 13.1 Å². The minimum Gasteiger partial charge on any atom is -0.497 e. The summed E-state index contributed by atoms with van der Waals surface area (Å²) < 4.78 is 6.95. The van der Waals surface area contributed by atoms with Crippen LogP contribution in [0.15, 0.2) is 33.9 Å². The fraction of sp³-hybridized carbons (Fsp3) is 0.375. The predicted octanol–water partition coefficient (Wildman–Crippen LogP) is 0.468. The van der Waals surface area contributed by atoms with Crippen molar-refractivity contribution in [3.63, 3.8) is 0 Å². The highest BCUT2D eigenvalue weighted by atomic mass is 16.5. The Morgan fingerprint density at radius 2 is 1.92 bits per heavy atom. The minimum absolute atomic E-state index is 0.106. The Morgan fingerprint density at radius 1 is 1.29 bits per heavy atom. The van der Waals surface area contributed by atoms with Crippen LogP contribution in [-0.4, -0.2) is 33.4 Å². The third-order valence-electron chi connectivity index (χ3n) is 3.70. The Balaban J connectivity index is 2.55. The van der Waals surface area contributed by atoms with Gasteiger partial charge in [-0.15, -0.1) is 0 Å². The molecule has 0 saturated heterocycles. The highest BCUT2D eigenvalue weighted by Gasteiger charge is 2.19. The van der Waals surface area contributed by atoms with Crippen molar-refractivity contribution in [2.24, 2.45) is 7.05 Å². The van der Waals surface area contributed by atoms with Gasteiger partial charge in [-0.3, -0.25) is 14.2 Å². The first-order valence-electron chi connectivity index (χ1n) is 7.54. The summed E-state index contributed by atoms with van der Waals surface area (Å²) in [6.45, 7) is 3.73. The van der Waals surface area contributed by atoms with Gasteiger partial charge in [-0.05, 0) is 37.6 Å². The van der Waals surface area contributed by atoms with Crippen molar-refractivity contribution in [3.8, 4) is 11.4 Å². The SMILES string of the molecule is CC[C@@H](C)NC(=O)c1nn(-c2ccc(OC)cc2)c(=O)n(C)c1=O. The molecule has 0 aliphatic carbocycles. The molecular formula is C16H20N4O4. The quantitative estimate of drug-likeness (QED) is 0.859. The molecule has 1 aromatic carbocycles. The number of methoxy groups -OCH3 is 1. The standard InChI is InChI=1S/C16H20N4O4/c1-5-10(2)17-14(21)13-15(22)19(3)16(23)20(18-13)11-6-8-12(24-4)9-7-11/h6-10H,5H2,1-4H3,(H,17,21)/t10-/m1/s1. The van der Waals surface area contributed by atoms with E-state index in [1.165, 1.54) is 14.2 Å². The predicted molar refractivity (Wildman–Crippen MR) is 88.8 cm³/mol. The lowest BCUT2D eigenvalue weighted by molar-refractivity contribution is 0.0929. The summed E-state index contributed by atoms with van der Waals surface area (Å²) in [5, 5.41) is 6.64. The number of hydrogen-bond acceptors (Lipinski definition) is 5. The molecule has 0 spiro atoms. The van der Waals surface area contributed by atoms with Crippen LogP contribution in [0.3, 0.4) is 0 Å². The van der Waals surface area contributed by atoms with Crippen LogP contribution in [0.4, 0.5) is 0 Å². The van der Waals surface area contributed by atoms with E-state index in [0.717, 1.165) is 9.25 Å². The van der Waals surface area contributed by atoms with Crippen molar-refractivity contribution in [3.05, 3.63) is 50.8 Å². The summed E-state index contributed by atoms with van der Waals surface area (Å²) in [6.07, 6.45) is 0.712. The molecule has 0 unspecified atom stereocenters. The summed E-state index contributed by atoms with van der Waals surface area (Å²) >= 11 is 0. The van der Waals surface area contributed by atoms with Crippen molar-refractivity contribution >= 4 is 5.91 Å². The maximum atomic E-state index is 12.3. The molecule has 1 N–H and O–H groups in total. The van der Waals surface area contributed by atoms with E-state index in [2.05, 4.69) is 10.4 Å². The molecule has 0 aliphatic heterocycles. The van der Waals surface area contributed by atoms with Crippen molar-refractivity contribution in [2.75, 3.05) is 7.11 Å². The number of ether oxygens (including phenoxy) is 1. The monoisotopic (exact) mass is 332 g/mol. The van der Waals surface area contributed by atoms with Gasteiger partial charge in [0.2, 0.25) is 5.69 Å². The minimum atomic E-state index is -0.731. The van der Waals surface area contributed by atoms with E-state index in [9.17, 15) is 14.4 Å². The Hall–Kier alpha value is -2.90. The van der Waals surface area contributed by atoms with Gasteiger partial charge < -0.3 is 10.1 Å². The van der Waals surface area contributed by atoms with Gasteiger partial charge >= 0.3 is 5.69 Å². The molecule has 0 fully saturated rings. The van der Waals surface area contributed by atoms with Crippen molar-refractivity contribution in [2.45, 2.75) is 26.3 Å². The maximum Gasteiger partial charge on any atom is 0.351 e. The number of carbonyl (C=O) groups is 1. The molecule has 0 saturated carbocycles. The van der Waals surface area contributed by atoms with Crippen LogP contribution in [0.5, 0.6) is 5.75 Å². The van der Waals surface area contributed by atoms with E-state index >= 15 is 0 Å². The number of aromatic nitrogens is 3. The van der Waals surface area contributed by atoms with Gasteiger partial charge in [0.1, 0.15) is 5.75 Å². The third-order valence-corrected chi connectivity index (χ3v) is 3.70. The molecule has 0 aliphatic rings. The van der Waals surface area contributed by atoms with E-state index in [1.54, 1.807) is 24.3 Å². The Kier molecular flexibility index (Phi) is 5.18. The molecule has 8 heteroatoms. The van der Waals surface area contributed by atoms with E-state index in [0.29, 0.717) is 17.9 Å². The molecule has 2 rings (SSSR count). The molecule has 1 atom stereocenters. The van der Waals surface area contributed by atoms with Crippen LogP contribution in [0.2, 0.25) is 0 Å². The van der Waals surface area contributed by atoms with Crippen molar-refractivity contribution in [1.82, 2.24) is 19.7 Å². The number of nitrogens with zero attached hydrogens (tertiary/aromatic N) is 3. The summed E-state index contributed by atoms with van der Waals surface area (Å²) in [4.78, 5) is 36.7. The number of amides is 1. The molecule has 128 valence electrons. The van der Waals surface area contributed by atoms with Crippen LogP contribution in [0, 0.1) is 0 Å². The zero-order chi connectivity index (χ0) is 17.9. The summed E-state index contributed by atoms with van der Waals surface area (Å²) in [7, 11) is 2.84. The first-order valence-corrected chi connectivity index (χ1v) is 7.54. The second-order valence-corrected chi connectivity index (χ2v) is 5.39. The number of hydrogen-bond donors (Lipinski definition) is 1. The molecule has 2 aromatic rings. The Labute approximate surface area is 138 Å². The van der Waals surface area contributed by atoms with E-state index in [1.807, 2.05) is 13.8 Å². The topological polar surface area (TPSA) is 95.2 Å². The first kappa shape index (κ1) is 17.5. The number of carbonyl (C=O) groups excluding carboxylic acids is 1. The molecular weight excluding hydrogens is 312 g/mol. The normalized spacial score (nSPS) is 11.8. The zero-order valence-corrected chi connectivity index (χ0v) is 14.1. The first-order chi connectivity index (χ1) is 11.4. The van der Waals surface area contributed by atoms with Gasteiger partial charge in [-0.25, -0.2) is 4.79 Å². The van der Waals surface area contributed by atoms with E-state index in [4.69, 9.17) is 4.74 Å². The Morgan fingerprint density at radius 3 is 2.46 bits per heavy atom. The van der Waals surface area contributed by atoms with E-state index < -0.39 is 17.2 Å². The number of rotatable bonds is 5. The molecule has 1 aromatic heterocycles. The lowest BCUT2D eigenvalue weighted by atomic mass is 10.2. The second kappa shape index (κ2) is 7.12. The molecule has 1 amide bonds. The molecule has 8 nitrogen and oxygen atoms in total. The van der Waals surface area contributed by atoms with Crippen LogP contribution in [-0.2, 0) is 7.05 Å². The average molecular weight is 332 g/mol. The second-order valence-electron chi connectivity index (χ2n) is 5.39. The third kappa shape index (κ3) is 3.37. The Bertz CT molecular complexity index is 852. The van der Waals surface area contributed by atoms with Crippen molar-refractivity contribution < 1.29 is 9.53 Å². The van der Waals surface area contributed by atoms with E-state index in [-0.39, 0.29) is 11.7 Å². The largest absolute Gasteiger partial charge is 0.497 e. The smallest absolute Gasteiger partial charge is 0.351 e. The molecule has 0 bridgehead atoms. The number of nitrogens with one attached hydrogen (secondary N) is 1. The summed E-state index contributed by atoms with van der Waals surface area (Å²) in [5.41, 5.74) is -1.27. The van der Waals surface area contributed by atoms with Gasteiger partial charge in [0.25, 0.3) is 11.5 Å². The highest BCUT2D eigenvalue weighted by Crippen LogP contribution is 2.12. The lowest BCUT2D eigenvalue weighted by Gasteiger charge is -2.12.